The zero-order valence-electron chi connectivity index (χ0n) is 14.2. The van der Waals surface area contributed by atoms with Crippen molar-refractivity contribution < 1.29 is 14.3 Å². The van der Waals surface area contributed by atoms with E-state index < -0.39 is 6.04 Å². The number of ether oxygens (including phenoxy) is 1. The van der Waals surface area contributed by atoms with Crippen LogP contribution in [0.1, 0.15) is 29.8 Å². The Kier molecular flexibility index (Phi) is 4.51. The van der Waals surface area contributed by atoms with Gasteiger partial charge in [-0.15, -0.1) is 0 Å². The van der Waals surface area contributed by atoms with Gasteiger partial charge in [-0.2, -0.15) is 0 Å². The van der Waals surface area contributed by atoms with Crippen LogP contribution in [0.3, 0.4) is 0 Å². The third-order valence-corrected chi connectivity index (χ3v) is 4.57. The van der Waals surface area contributed by atoms with E-state index in [9.17, 15) is 9.59 Å². The molecular formula is C19H20N4O3. The number of rotatable bonds is 5. The molecule has 2 aliphatic rings. The first-order valence-corrected chi connectivity index (χ1v) is 8.80. The highest BCUT2D eigenvalue weighted by Gasteiger charge is 2.42. The Morgan fingerprint density at radius 2 is 2.04 bits per heavy atom. The number of carbonyl (C=O) groups is 2. The first-order valence-electron chi connectivity index (χ1n) is 8.80. The molecule has 1 N–H and O–H groups in total. The molecular weight excluding hydrogens is 332 g/mol. The molecule has 1 aliphatic heterocycles. The highest BCUT2D eigenvalue weighted by Crippen LogP contribution is 2.26. The number of nitrogens with one attached hydrogen (secondary N) is 1. The molecule has 2 aromatic rings. The summed E-state index contributed by atoms with van der Waals surface area (Å²) in [4.78, 5) is 35.3. The van der Waals surface area contributed by atoms with E-state index in [-0.39, 0.29) is 24.0 Å². The van der Waals surface area contributed by atoms with Gasteiger partial charge in [0.15, 0.2) is 0 Å². The van der Waals surface area contributed by atoms with E-state index in [4.69, 9.17) is 4.74 Å². The van der Waals surface area contributed by atoms with Crippen LogP contribution < -0.4 is 10.1 Å². The molecule has 2 atom stereocenters. The molecule has 1 saturated heterocycles. The van der Waals surface area contributed by atoms with E-state index in [0.29, 0.717) is 24.4 Å². The summed E-state index contributed by atoms with van der Waals surface area (Å²) in [5.41, 5.74) is 0.332. The molecule has 3 heterocycles. The maximum atomic E-state index is 12.9. The van der Waals surface area contributed by atoms with Gasteiger partial charge >= 0.3 is 0 Å². The summed E-state index contributed by atoms with van der Waals surface area (Å²) < 4.78 is 5.94. The SMILES string of the molecule is O=C(NC1CC1)[C@@H]1C[C@H](Oc2cccnc2)CN1C(=O)c1ccccn1. The van der Waals surface area contributed by atoms with E-state index in [1.807, 2.05) is 6.07 Å². The molecule has 2 fully saturated rings. The molecule has 26 heavy (non-hydrogen) atoms. The smallest absolute Gasteiger partial charge is 0.273 e. The molecule has 2 aromatic heterocycles. The molecule has 1 aliphatic carbocycles. The largest absolute Gasteiger partial charge is 0.487 e. The standard InChI is InChI=1S/C19H20N4O3/c24-18(22-13-6-7-13)17-10-15(26-14-4-3-8-20-11-14)12-23(17)19(25)16-5-1-2-9-21-16/h1-5,8-9,11,13,15,17H,6-7,10,12H2,(H,22,24)/t15-,17-/m0/s1. The zero-order valence-corrected chi connectivity index (χ0v) is 14.2. The second-order valence-electron chi connectivity index (χ2n) is 6.64. The molecule has 0 spiro atoms. The van der Waals surface area contributed by atoms with Gasteiger partial charge in [-0.25, -0.2) is 0 Å². The predicted molar refractivity (Wildman–Crippen MR) is 93.5 cm³/mol. The van der Waals surface area contributed by atoms with E-state index in [1.165, 1.54) is 0 Å². The quantitative estimate of drug-likeness (QED) is 0.880. The van der Waals surface area contributed by atoms with Crippen molar-refractivity contribution in [2.45, 2.75) is 37.5 Å². The van der Waals surface area contributed by atoms with Gasteiger partial charge in [-0.05, 0) is 37.1 Å². The topological polar surface area (TPSA) is 84.4 Å². The maximum Gasteiger partial charge on any atom is 0.273 e. The summed E-state index contributed by atoms with van der Waals surface area (Å²) in [5.74, 6) is 0.263. The summed E-state index contributed by atoms with van der Waals surface area (Å²) in [5, 5.41) is 3.00. The number of pyridine rings is 2. The molecule has 1 saturated carbocycles. The Labute approximate surface area is 151 Å². The van der Waals surface area contributed by atoms with Crippen LogP contribution in [0.15, 0.2) is 48.9 Å². The van der Waals surface area contributed by atoms with Gasteiger partial charge in [0.05, 0.1) is 12.7 Å². The Hall–Kier alpha value is -2.96. The van der Waals surface area contributed by atoms with Crippen molar-refractivity contribution in [2.75, 3.05) is 6.54 Å². The fourth-order valence-electron chi connectivity index (χ4n) is 3.13. The van der Waals surface area contributed by atoms with Crippen LogP contribution in [0.4, 0.5) is 0 Å². The number of likely N-dealkylation sites (tertiary alicyclic amines) is 1. The van der Waals surface area contributed by atoms with Gasteiger partial charge in [-0.3, -0.25) is 19.6 Å². The Balaban J connectivity index is 1.52. The van der Waals surface area contributed by atoms with Crippen molar-refractivity contribution in [3.05, 3.63) is 54.6 Å². The second-order valence-corrected chi connectivity index (χ2v) is 6.64. The minimum Gasteiger partial charge on any atom is -0.487 e. The zero-order chi connectivity index (χ0) is 17.9. The lowest BCUT2D eigenvalue weighted by atomic mass is 10.1. The van der Waals surface area contributed by atoms with Gasteiger partial charge in [0.1, 0.15) is 23.6 Å². The maximum absolute atomic E-state index is 12.9. The normalized spacial score (nSPS) is 22.1. The molecule has 0 bridgehead atoms. The fourth-order valence-corrected chi connectivity index (χ4v) is 3.13. The summed E-state index contributed by atoms with van der Waals surface area (Å²) in [7, 11) is 0. The lowest BCUT2D eigenvalue weighted by molar-refractivity contribution is -0.125. The summed E-state index contributed by atoms with van der Waals surface area (Å²) in [6.07, 6.45) is 7.07. The molecule has 7 nitrogen and oxygen atoms in total. The third-order valence-electron chi connectivity index (χ3n) is 4.57. The van der Waals surface area contributed by atoms with Gasteiger partial charge in [0.2, 0.25) is 5.91 Å². The van der Waals surface area contributed by atoms with Crippen molar-refractivity contribution in [2.24, 2.45) is 0 Å². The Morgan fingerprint density at radius 1 is 1.15 bits per heavy atom. The number of carbonyl (C=O) groups excluding carboxylic acids is 2. The predicted octanol–water partition coefficient (Wildman–Crippen LogP) is 1.42. The van der Waals surface area contributed by atoms with Crippen LogP contribution in [0.2, 0.25) is 0 Å². The van der Waals surface area contributed by atoms with Gasteiger partial charge < -0.3 is 15.0 Å². The van der Waals surface area contributed by atoms with Crippen molar-refractivity contribution in [3.8, 4) is 5.75 Å². The Morgan fingerprint density at radius 3 is 2.73 bits per heavy atom. The van der Waals surface area contributed by atoms with Crippen LogP contribution >= 0.6 is 0 Å². The molecule has 0 radical (unpaired) electrons. The lowest BCUT2D eigenvalue weighted by Gasteiger charge is -2.23. The average Bonchev–Trinajstić information content (AvgIpc) is 3.39. The van der Waals surface area contributed by atoms with Crippen molar-refractivity contribution >= 4 is 11.8 Å². The molecule has 7 heteroatoms. The highest BCUT2D eigenvalue weighted by atomic mass is 16.5. The Bertz CT molecular complexity index is 780. The summed E-state index contributed by atoms with van der Waals surface area (Å²) in [6, 6.07) is 8.48. The minimum atomic E-state index is -0.549. The van der Waals surface area contributed by atoms with E-state index in [0.717, 1.165) is 12.8 Å². The van der Waals surface area contributed by atoms with Gasteiger partial charge in [0, 0.05) is 24.9 Å². The lowest BCUT2D eigenvalue weighted by Crippen LogP contribution is -2.46. The second kappa shape index (κ2) is 7.11. The monoisotopic (exact) mass is 352 g/mol. The number of aromatic nitrogens is 2. The molecule has 4 rings (SSSR count). The number of nitrogens with zero attached hydrogens (tertiary/aromatic N) is 3. The van der Waals surface area contributed by atoms with Crippen LogP contribution in [0, 0.1) is 0 Å². The van der Waals surface area contributed by atoms with Gasteiger partial charge in [0.25, 0.3) is 5.91 Å². The average molecular weight is 352 g/mol. The van der Waals surface area contributed by atoms with E-state index >= 15 is 0 Å². The van der Waals surface area contributed by atoms with Crippen molar-refractivity contribution in [1.82, 2.24) is 20.2 Å². The molecule has 134 valence electrons. The molecule has 2 amide bonds. The van der Waals surface area contributed by atoms with Crippen LogP contribution in [-0.2, 0) is 4.79 Å². The molecule has 0 unspecified atom stereocenters. The number of hydrogen-bond acceptors (Lipinski definition) is 5. The fraction of sp³-hybridized carbons (Fsp3) is 0.368. The first-order chi connectivity index (χ1) is 12.7. The number of amides is 2. The summed E-state index contributed by atoms with van der Waals surface area (Å²) in [6.45, 7) is 0.340. The molecule has 0 aromatic carbocycles. The van der Waals surface area contributed by atoms with Crippen molar-refractivity contribution in [1.29, 1.82) is 0 Å². The third kappa shape index (κ3) is 3.66. The highest BCUT2D eigenvalue weighted by molar-refractivity contribution is 5.96. The first kappa shape index (κ1) is 16.5. The number of hydrogen-bond donors (Lipinski definition) is 1. The van der Waals surface area contributed by atoms with Crippen LogP contribution in [0.25, 0.3) is 0 Å². The minimum absolute atomic E-state index is 0.117. The van der Waals surface area contributed by atoms with Crippen LogP contribution in [-0.4, -0.2) is 51.4 Å². The van der Waals surface area contributed by atoms with E-state index in [2.05, 4.69) is 15.3 Å². The van der Waals surface area contributed by atoms with Crippen molar-refractivity contribution in [3.63, 3.8) is 0 Å². The van der Waals surface area contributed by atoms with Gasteiger partial charge in [-0.1, -0.05) is 6.07 Å². The van der Waals surface area contributed by atoms with E-state index in [1.54, 1.807) is 47.8 Å². The van der Waals surface area contributed by atoms with Crippen LogP contribution in [0.5, 0.6) is 5.75 Å². The summed E-state index contributed by atoms with van der Waals surface area (Å²) >= 11 is 0.